The van der Waals surface area contributed by atoms with Gasteiger partial charge in [0.2, 0.25) is 5.95 Å². The molecule has 2 N–H and O–H groups in total. The number of likely N-dealkylation sites (N-methyl/N-ethyl adjacent to an activating group) is 1. The number of aryl methyl sites for hydroxylation is 1. The van der Waals surface area contributed by atoms with Crippen LogP contribution in [0.2, 0.25) is 0 Å². The number of anilines is 3. The van der Waals surface area contributed by atoms with Crippen LogP contribution < -0.4 is 10.2 Å². The number of aromatic nitrogens is 2. The van der Waals surface area contributed by atoms with Crippen molar-refractivity contribution in [2.45, 2.75) is 49.3 Å². The van der Waals surface area contributed by atoms with E-state index in [1.807, 2.05) is 32.2 Å². The topological polar surface area (TPSA) is 119 Å². The lowest BCUT2D eigenvalue weighted by atomic mass is 10.1. The molecule has 1 atom stereocenters. The minimum atomic E-state index is -4.82. The number of carbonyl (C=O) groups is 1. The van der Waals surface area contributed by atoms with Crippen molar-refractivity contribution in [2.24, 2.45) is 0 Å². The molecule has 3 aromatic rings. The molecule has 10 nitrogen and oxygen atoms in total. The number of benzene rings is 1. The Bertz CT molecular complexity index is 1690. The number of hydrogen-bond acceptors (Lipinski definition) is 10. The van der Waals surface area contributed by atoms with Crippen LogP contribution in [0, 0.1) is 0 Å². The molecule has 0 radical (unpaired) electrons. The number of sulfone groups is 1. The summed E-state index contributed by atoms with van der Waals surface area (Å²) in [5, 5.41) is 12.8. The molecule has 2 aromatic heterocycles. The number of nitrogens with one attached hydrogen (secondary N) is 1. The van der Waals surface area contributed by atoms with E-state index in [0.717, 1.165) is 54.6 Å². The number of nitrogens with zero attached hydrogens (tertiary/aromatic N) is 5. The number of aliphatic hydroxyl groups is 1. The van der Waals surface area contributed by atoms with E-state index in [1.165, 1.54) is 4.90 Å². The highest BCUT2D eigenvalue weighted by molar-refractivity contribution is 7.91. The minimum absolute atomic E-state index is 0.0138. The van der Waals surface area contributed by atoms with Crippen molar-refractivity contribution in [1.82, 2.24) is 19.8 Å². The zero-order chi connectivity index (χ0) is 31.4. The van der Waals surface area contributed by atoms with Gasteiger partial charge in [-0.05, 0) is 56.1 Å². The highest BCUT2D eigenvalue weighted by atomic mass is 32.2. The molecule has 0 spiro atoms. The first-order valence-electron chi connectivity index (χ1n) is 14.5. The first kappa shape index (κ1) is 30.7. The second-order valence-corrected chi connectivity index (χ2v) is 14.5. The Morgan fingerprint density at radius 2 is 1.93 bits per heavy atom. The Labute approximate surface area is 257 Å². The number of thiophene rings is 1. The lowest BCUT2D eigenvalue weighted by Gasteiger charge is -2.40. The fraction of sp³-hybridized carbons (Fsp3) is 0.483. The van der Waals surface area contributed by atoms with Gasteiger partial charge in [-0.25, -0.2) is 18.4 Å². The quantitative estimate of drug-likeness (QED) is 0.391. The molecule has 1 saturated carbocycles. The van der Waals surface area contributed by atoms with Crippen LogP contribution in [-0.2, 0) is 22.4 Å². The third-order valence-electron chi connectivity index (χ3n) is 8.47. The van der Waals surface area contributed by atoms with Crippen molar-refractivity contribution in [1.29, 1.82) is 0 Å². The lowest BCUT2D eigenvalue weighted by Crippen LogP contribution is -2.53. The van der Waals surface area contributed by atoms with Crippen molar-refractivity contribution >= 4 is 44.4 Å². The Balaban J connectivity index is 1.34. The summed E-state index contributed by atoms with van der Waals surface area (Å²) in [7, 11) is -1.91. The van der Waals surface area contributed by atoms with Gasteiger partial charge in [0.15, 0.2) is 9.84 Å². The van der Waals surface area contributed by atoms with E-state index in [0.29, 0.717) is 24.8 Å². The summed E-state index contributed by atoms with van der Waals surface area (Å²) in [6, 6.07) is 6.86. The van der Waals surface area contributed by atoms with Crippen molar-refractivity contribution in [2.75, 3.05) is 55.8 Å². The highest BCUT2D eigenvalue weighted by Crippen LogP contribution is 2.43. The number of carbonyl (C=O) groups excluding carboxylic acids is 1. The summed E-state index contributed by atoms with van der Waals surface area (Å²) < 4.78 is 68.6. The second kappa shape index (κ2) is 11.6. The normalized spacial score (nSPS) is 20.9. The molecule has 236 valence electrons. The number of rotatable bonds is 7. The lowest BCUT2D eigenvalue weighted by molar-refractivity contribution is -0.137. The van der Waals surface area contributed by atoms with Crippen LogP contribution in [0.1, 0.15) is 40.6 Å². The van der Waals surface area contributed by atoms with Gasteiger partial charge in [0, 0.05) is 49.8 Å². The Kier molecular flexibility index (Phi) is 8.09. The fourth-order valence-corrected chi connectivity index (χ4v) is 8.61. The van der Waals surface area contributed by atoms with Gasteiger partial charge in [0.1, 0.15) is 10.4 Å². The molecule has 44 heavy (non-hydrogen) atoms. The van der Waals surface area contributed by atoms with E-state index < -0.39 is 33.2 Å². The Morgan fingerprint density at radius 1 is 1.16 bits per heavy atom. The molecule has 1 saturated heterocycles. The summed E-state index contributed by atoms with van der Waals surface area (Å²) in [6.07, 6.45) is -1.96. The maximum atomic E-state index is 14.2. The predicted octanol–water partition coefficient (Wildman–Crippen LogP) is 4.03. The number of piperazine rings is 1. The summed E-state index contributed by atoms with van der Waals surface area (Å²) >= 11 is 0.719. The van der Waals surface area contributed by atoms with Gasteiger partial charge in [-0.3, -0.25) is 9.69 Å². The van der Waals surface area contributed by atoms with E-state index in [1.54, 1.807) is 0 Å². The molecule has 6 rings (SSSR count). The van der Waals surface area contributed by atoms with Crippen LogP contribution >= 0.6 is 11.3 Å². The number of aliphatic hydroxyl groups excluding tert-OH is 1. The zero-order valence-corrected chi connectivity index (χ0v) is 25.9. The van der Waals surface area contributed by atoms with Crippen molar-refractivity contribution in [3.05, 3.63) is 46.5 Å². The third-order valence-corrected chi connectivity index (χ3v) is 11.4. The highest BCUT2D eigenvalue weighted by Gasteiger charge is 2.41. The molecule has 2 aliphatic heterocycles. The summed E-state index contributed by atoms with van der Waals surface area (Å²) in [5.41, 5.74) is 0.875. The van der Waals surface area contributed by atoms with E-state index >= 15 is 0 Å². The van der Waals surface area contributed by atoms with Gasteiger partial charge in [-0.2, -0.15) is 13.2 Å². The number of fused-ring (bicyclic) bond motifs is 1. The summed E-state index contributed by atoms with van der Waals surface area (Å²) in [4.78, 5) is 26.9. The number of hydrogen-bond donors (Lipinski definition) is 2. The molecule has 0 bridgehead atoms. The summed E-state index contributed by atoms with van der Waals surface area (Å²) in [5.74, 6) is -0.849. The van der Waals surface area contributed by atoms with Crippen molar-refractivity contribution in [3.8, 4) is 10.6 Å². The molecule has 1 aliphatic carbocycles. The zero-order valence-electron chi connectivity index (χ0n) is 24.3. The average molecular weight is 651 g/mol. The molecule has 4 heterocycles. The number of halogens is 3. The van der Waals surface area contributed by atoms with Crippen LogP contribution in [0.4, 0.5) is 30.5 Å². The standard InChI is InChI=1S/C29H33F3N6O4S2/c1-3-17-12-19(37-9-8-36(2)20(15-37)16-39)6-7-22(17)34-28-33-14-21(29(30,31)32)25(35-28)23-13-24-26(43-23)27(40)38(18-4-5-18)10-11-44(24,41)42/h6-7,12-14,18,20,39H,3-5,8-11,15-16H2,1-2H3,(H,33,34,35)/t20-/m1/s1. The number of amides is 1. The van der Waals surface area contributed by atoms with Crippen LogP contribution in [0.3, 0.4) is 0 Å². The maximum absolute atomic E-state index is 14.2. The van der Waals surface area contributed by atoms with Crippen molar-refractivity contribution in [3.63, 3.8) is 0 Å². The molecular weight excluding hydrogens is 617 g/mol. The molecule has 0 unspecified atom stereocenters. The third kappa shape index (κ3) is 5.89. The molecular formula is C29H33F3N6O4S2. The first-order chi connectivity index (χ1) is 20.9. The molecule has 1 aromatic carbocycles. The van der Waals surface area contributed by atoms with Crippen LogP contribution in [0.5, 0.6) is 0 Å². The van der Waals surface area contributed by atoms with Crippen LogP contribution in [0.15, 0.2) is 35.4 Å². The Hall–Kier alpha value is -3.27. The van der Waals surface area contributed by atoms with Crippen LogP contribution in [0.25, 0.3) is 10.6 Å². The largest absolute Gasteiger partial charge is 0.420 e. The molecule has 3 aliphatic rings. The molecule has 2 fully saturated rings. The smallest absolute Gasteiger partial charge is 0.395 e. The van der Waals surface area contributed by atoms with Gasteiger partial charge in [0.25, 0.3) is 5.91 Å². The Morgan fingerprint density at radius 3 is 2.61 bits per heavy atom. The predicted molar refractivity (Wildman–Crippen MR) is 161 cm³/mol. The van der Waals surface area contributed by atoms with E-state index in [2.05, 4.69) is 25.1 Å². The minimum Gasteiger partial charge on any atom is -0.395 e. The monoisotopic (exact) mass is 650 g/mol. The van der Waals surface area contributed by atoms with Gasteiger partial charge < -0.3 is 20.2 Å². The number of alkyl halides is 3. The SMILES string of the molecule is CCc1cc(N2CCN(C)[C@@H](CO)C2)ccc1Nc1ncc(C(F)(F)F)c(-c2cc3c(s2)C(=O)N(C2CC2)CCS3(=O)=O)n1. The van der Waals surface area contributed by atoms with Gasteiger partial charge in [0.05, 0.1) is 33.9 Å². The average Bonchev–Trinajstić information content (AvgIpc) is 3.73. The van der Waals surface area contributed by atoms with Crippen molar-refractivity contribution < 1.29 is 31.5 Å². The van der Waals surface area contributed by atoms with E-state index in [9.17, 15) is 31.5 Å². The van der Waals surface area contributed by atoms with E-state index in [4.69, 9.17) is 0 Å². The van der Waals surface area contributed by atoms with Gasteiger partial charge in [-0.15, -0.1) is 11.3 Å². The van der Waals surface area contributed by atoms with Crippen LogP contribution in [-0.4, -0.2) is 96.9 Å². The van der Waals surface area contributed by atoms with E-state index in [-0.39, 0.29) is 51.6 Å². The fourth-order valence-electron chi connectivity index (χ4n) is 5.69. The first-order valence-corrected chi connectivity index (χ1v) is 16.9. The summed E-state index contributed by atoms with van der Waals surface area (Å²) in [6.45, 7) is 4.32. The molecule has 15 heteroatoms. The van der Waals surface area contributed by atoms with Gasteiger partial charge >= 0.3 is 6.18 Å². The molecule has 1 amide bonds. The second-order valence-electron chi connectivity index (χ2n) is 11.4. The maximum Gasteiger partial charge on any atom is 0.420 e. The van der Waals surface area contributed by atoms with Gasteiger partial charge in [-0.1, -0.05) is 6.92 Å².